The molecule has 0 saturated carbocycles. The van der Waals surface area contributed by atoms with Crippen LogP contribution in [0.5, 0.6) is 0 Å². The van der Waals surface area contributed by atoms with Gasteiger partial charge in [0.05, 0.1) is 36.4 Å². The average Bonchev–Trinajstić information content (AvgIpc) is 2.97. The highest BCUT2D eigenvalue weighted by molar-refractivity contribution is 5.75. The monoisotopic (exact) mass is 328 g/mol. The summed E-state index contributed by atoms with van der Waals surface area (Å²) in [7, 11) is 0. The predicted octanol–water partition coefficient (Wildman–Crippen LogP) is 3.87. The van der Waals surface area contributed by atoms with Crippen LogP contribution < -0.4 is 0 Å². The van der Waals surface area contributed by atoms with E-state index in [1.165, 1.54) is 0 Å². The van der Waals surface area contributed by atoms with Gasteiger partial charge in [-0.2, -0.15) is 0 Å². The van der Waals surface area contributed by atoms with Crippen LogP contribution in [-0.4, -0.2) is 33.5 Å². The van der Waals surface area contributed by atoms with Crippen LogP contribution in [0.4, 0.5) is 0 Å². The van der Waals surface area contributed by atoms with E-state index >= 15 is 0 Å². The molecule has 1 aliphatic carbocycles. The van der Waals surface area contributed by atoms with Gasteiger partial charge in [-0.1, -0.05) is 37.6 Å². The van der Waals surface area contributed by atoms with Crippen LogP contribution in [0, 0.1) is 0 Å². The third-order valence-electron chi connectivity index (χ3n) is 4.63. The molecule has 4 heteroatoms. The average molecular weight is 328 g/mol. The number of allylic oxidation sites excluding steroid dienone is 1. The number of benzene rings is 1. The second-order valence-corrected chi connectivity index (χ2v) is 6.62. The van der Waals surface area contributed by atoms with Gasteiger partial charge in [0.15, 0.2) is 0 Å². The van der Waals surface area contributed by atoms with Crippen LogP contribution in [0.2, 0.25) is 0 Å². The number of aromatic nitrogens is 2. The molecule has 0 saturated heterocycles. The van der Waals surface area contributed by atoms with E-state index in [1.807, 2.05) is 18.2 Å². The minimum atomic E-state index is -0.506. The molecule has 0 fully saturated rings. The Morgan fingerprint density at radius 1 is 1.33 bits per heavy atom. The molecule has 0 spiro atoms. The maximum absolute atomic E-state index is 10.5. The van der Waals surface area contributed by atoms with E-state index < -0.39 is 6.10 Å². The number of aliphatic hydroxyl groups excluding tert-OH is 1. The molecule has 1 aromatic carbocycles. The number of imidazole rings is 1. The molecule has 0 aliphatic heterocycles. The van der Waals surface area contributed by atoms with Crippen molar-refractivity contribution in [3.63, 3.8) is 0 Å². The number of para-hydroxylation sites is 2. The molecule has 2 atom stereocenters. The number of unbranched alkanes of at least 4 members (excludes halogenated alkanes) is 1. The first-order chi connectivity index (χ1) is 11.8. The fourth-order valence-corrected chi connectivity index (χ4v) is 3.28. The standard InChI is InChI=1S/C20H28N2O2/c1-2-3-13-20-21-18-11-7-8-12-19(18)22(20)14-16(23)15-24-17-9-5-4-6-10-17/h4-5,7-8,11-12,16-17,23H,2-3,6,9-10,13-15H2,1H3/t16-,17-/m1/s1. The van der Waals surface area contributed by atoms with E-state index in [1.54, 1.807) is 0 Å². The fraction of sp³-hybridized carbons (Fsp3) is 0.550. The molecule has 1 aromatic heterocycles. The summed E-state index contributed by atoms with van der Waals surface area (Å²) in [6.07, 6.45) is 10.4. The van der Waals surface area contributed by atoms with Gasteiger partial charge in [-0.05, 0) is 37.8 Å². The van der Waals surface area contributed by atoms with Gasteiger partial charge in [-0.15, -0.1) is 0 Å². The van der Waals surface area contributed by atoms with Crippen molar-refractivity contribution in [2.75, 3.05) is 6.61 Å². The van der Waals surface area contributed by atoms with Crippen molar-refractivity contribution in [1.82, 2.24) is 9.55 Å². The number of hydrogen-bond donors (Lipinski definition) is 1. The zero-order valence-corrected chi connectivity index (χ0v) is 14.5. The normalized spacial score (nSPS) is 19.0. The summed E-state index contributed by atoms with van der Waals surface area (Å²) in [5.41, 5.74) is 2.11. The molecule has 130 valence electrons. The summed E-state index contributed by atoms with van der Waals surface area (Å²) >= 11 is 0. The maximum Gasteiger partial charge on any atom is 0.109 e. The van der Waals surface area contributed by atoms with Crippen molar-refractivity contribution in [2.24, 2.45) is 0 Å². The number of ether oxygens (including phenoxy) is 1. The Morgan fingerprint density at radius 2 is 2.21 bits per heavy atom. The van der Waals surface area contributed by atoms with Crippen LogP contribution in [0.1, 0.15) is 44.9 Å². The largest absolute Gasteiger partial charge is 0.389 e. The summed E-state index contributed by atoms with van der Waals surface area (Å²) < 4.78 is 8.06. The molecule has 24 heavy (non-hydrogen) atoms. The van der Waals surface area contributed by atoms with Gasteiger partial charge in [0.1, 0.15) is 5.82 Å². The van der Waals surface area contributed by atoms with E-state index in [4.69, 9.17) is 9.72 Å². The van der Waals surface area contributed by atoms with Gasteiger partial charge in [0, 0.05) is 6.42 Å². The molecule has 0 amide bonds. The highest BCUT2D eigenvalue weighted by Gasteiger charge is 2.16. The molecule has 3 rings (SSSR count). The lowest BCUT2D eigenvalue weighted by Gasteiger charge is -2.21. The smallest absolute Gasteiger partial charge is 0.109 e. The third-order valence-corrected chi connectivity index (χ3v) is 4.63. The van der Waals surface area contributed by atoms with Crippen molar-refractivity contribution in [1.29, 1.82) is 0 Å². The summed E-state index contributed by atoms with van der Waals surface area (Å²) in [6, 6.07) is 8.16. The SMILES string of the molecule is CCCCc1nc2ccccc2n1C[C@@H](O)CO[C@@H]1CC=CCC1. The number of aryl methyl sites for hydroxylation is 1. The van der Waals surface area contributed by atoms with Crippen molar-refractivity contribution in [3.05, 3.63) is 42.2 Å². The number of fused-ring (bicyclic) bond motifs is 1. The Kier molecular flexibility index (Phi) is 6.05. The fourth-order valence-electron chi connectivity index (χ4n) is 3.28. The van der Waals surface area contributed by atoms with Crippen molar-refractivity contribution >= 4 is 11.0 Å². The van der Waals surface area contributed by atoms with Crippen LogP contribution >= 0.6 is 0 Å². The summed E-state index contributed by atoms with van der Waals surface area (Å²) in [6.45, 7) is 3.12. The van der Waals surface area contributed by atoms with Crippen LogP contribution in [-0.2, 0) is 17.7 Å². The second kappa shape index (κ2) is 8.45. The number of rotatable bonds is 8. The molecule has 0 unspecified atom stereocenters. The lowest BCUT2D eigenvalue weighted by atomic mass is 10.1. The van der Waals surface area contributed by atoms with Gasteiger partial charge in [0.2, 0.25) is 0 Å². The predicted molar refractivity (Wildman–Crippen MR) is 97.1 cm³/mol. The third kappa shape index (κ3) is 4.25. The quantitative estimate of drug-likeness (QED) is 0.748. The number of hydrogen-bond acceptors (Lipinski definition) is 3. The van der Waals surface area contributed by atoms with Gasteiger partial charge >= 0.3 is 0 Å². The summed E-state index contributed by atoms with van der Waals surface area (Å²) in [5.74, 6) is 1.07. The van der Waals surface area contributed by atoms with E-state index in [0.29, 0.717) is 13.2 Å². The highest BCUT2D eigenvalue weighted by Crippen LogP contribution is 2.19. The second-order valence-electron chi connectivity index (χ2n) is 6.62. The van der Waals surface area contributed by atoms with E-state index in [2.05, 4.69) is 29.7 Å². The molecule has 2 aromatic rings. The number of nitrogens with zero attached hydrogens (tertiary/aromatic N) is 2. The molecular formula is C20H28N2O2. The Morgan fingerprint density at radius 3 is 3.00 bits per heavy atom. The summed E-state index contributed by atoms with van der Waals surface area (Å²) in [5, 5.41) is 10.5. The van der Waals surface area contributed by atoms with E-state index in [0.717, 1.165) is 55.4 Å². The molecule has 0 bridgehead atoms. The van der Waals surface area contributed by atoms with Crippen molar-refractivity contribution in [2.45, 2.75) is 64.2 Å². The first-order valence-electron chi connectivity index (χ1n) is 9.16. The summed E-state index contributed by atoms with van der Waals surface area (Å²) in [4.78, 5) is 4.76. The zero-order chi connectivity index (χ0) is 16.8. The van der Waals surface area contributed by atoms with Crippen LogP contribution in [0.3, 0.4) is 0 Å². The Labute approximate surface area is 144 Å². The van der Waals surface area contributed by atoms with Crippen LogP contribution in [0.15, 0.2) is 36.4 Å². The lowest BCUT2D eigenvalue weighted by molar-refractivity contribution is -0.0176. The molecular weight excluding hydrogens is 300 g/mol. The Bertz CT molecular complexity index is 677. The lowest BCUT2D eigenvalue weighted by Crippen LogP contribution is -2.26. The molecule has 1 aliphatic rings. The molecule has 1 N–H and O–H groups in total. The molecule has 1 heterocycles. The first-order valence-corrected chi connectivity index (χ1v) is 9.16. The molecule has 4 nitrogen and oxygen atoms in total. The van der Waals surface area contributed by atoms with Gasteiger partial charge in [0.25, 0.3) is 0 Å². The van der Waals surface area contributed by atoms with Gasteiger partial charge < -0.3 is 14.4 Å². The maximum atomic E-state index is 10.5. The van der Waals surface area contributed by atoms with Crippen LogP contribution in [0.25, 0.3) is 11.0 Å². The first kappa shape index (κ1) is 17.2. The highest BCUT2D eigenvalue weighted by atomic mass is 16.5. The van der Waals surface area contributed by atoms with Crippen molar-refractivity contribution in [3.8, 4) is 0 Å². The van der Waals surface area contributed by atoms with Crippen molar-refractivity contribution < 1.29 is 9.84 Å². The van der Waals surface area contributed by atoms with E-state index in [-0.39, 0.29) is 6.10 Å². The number of aliphatic hydroxyl groups is 1. The topological polar surface area (TPSA) is 47.3 Å². The minimum Gasteiger partial charge on any atom is -0.389 e. The molecule has 0 radical (unpaired) electrons. The van der Waals surface area contributed by atoms with Gasteiger partial charge in [-0.25, -0.2) is 4.98 Å². The zero-order valence-electron chi connectivity index (χ0n) is 14.5. The van der Waals surface area contributed by atoms with Gasteiger partial charge in [-0.3, -0.25) is 0 Å². The Balaban J connectivity index is 1.66. The Hall–Kier alpha value is -1.65. The van der Waals surface area contributed by atoms with E-state index in [9.17, 15) is 5.11 Å². The minimum absolute atomic E-state index is 0.253.